The van der Waals surface area contributed by atoms with Crippen LogP contribution in [0.5, 0.6) is 0 Å². The smallest absolute Gasteiger partial charge is 0.0929 e. The highest BCUT2D eigenvalue weighted by Crippen LogP contribution is 2.29. The number of hydrogen-bond acceptors (Lipinski definition) is 2. The minimum Gasteiger partial charge on any atom is -0.387 e. The lowest BCUT2D eigenvalue weighted by Crippen LogP contribution is -1.96. The predicted molar refractivity (Wildman–Crippen MR) is 61.4 cm³/mol. The summed E-state index contributed by atoms with van der Waals surface area (Å²) in [6, 6.07) is 2.02. The molecule has 1 rings (SSSR count). The molecule has 0 aliphatic rings. The Kier molecular flexibility index (Phi) is 3.74. The first-order chi connectivity index (χ1) is 5.61. The van der Waals surface area contributed by atoms with Gasteiger partial charge < -0.3 is 5.11 Å². The van der Waals surface area contributed by atoms with Crippen LogP contribution >= 0.6 is 33.9 Å². The van der Waals surface area contributed by atoms with E-state index >= 15 is 0 Å². The minimum atomic E-state index is -0.366. The van der Waals surface area contributed by atoms with Crippen molar-refractivity contribution in [1.82, 2.24) is 0 Å². The van der Waals surface area contributed by atoms with E-state index in [9.17, 15) is 5.11 Å². The molecule has 1 nitrogen and oxygen atoms in total. The zero-order valence-corrected chi connectivity index (χ0v) is 9.85. The van der Waals surface area contributed by atoms with Crippen molar-refractivity contribution in [2.24, 2.45) is 0 Å². The van der Waals surface area contributed by atoms with Crippen molar-refractivity contribution in [2.75, 3.05) is 0 Å². The first-order valence-electron chi connectivity index (χ1n) is 3.66. The minimum absolute atomic E-state index is 0.366. The molecule has 0 spiro atoms. The molecule has 1 N–H and O–H groups in total. The SMILES string of the molecule is C=C(C)CC(O)c1sccc1I. The van der Waals surface area contributed by atoms with E-state index in [2.05, 4.69) is 29.2 Å². The number of aliphatic hydroxyl groups excluding tert-OH is 1. The molecule has 12 heavy (non-hydrogen) atoms. The summed E-state index contributed by atoms with van der Waals surface area (Å²) in [5.41, 5.74) is 1.02. The fourth-order valence-corrected chi connectivity index (χ4v) is 2.90. The fourth-order valence-electron chi connectivity index (χ4n) is 0.966. The molecule has 0 saturated heterocycles. The molecule has 0 aromatic carbocycles. The molecule has 66 valence electrons. The molecule has 1 unspecified atom stereocenters. The average Bonchev–Trinajstić information content (AvgIpc) is 2.33. The van der Waals surface area contributed by atoms with Gasteiger partial charge in [-0.25, -0.2) is 0 Å². The molecule has 1 aromatic heterocycles. The normalized spacial score (nSPS) is 12.9. The van der Waals surface area contributed by atoms with Gasteiger partial charge in [0.2, 0.25) is 0 Å². The van der Waals surface area contributed by atoms with E-state index in [1.165, 1.54) is 0 Å². The van der Waals surface area contributed by atoms with Gasteiger partial charge in [0.15, 0.2) is 0 Å². The Hall–Kier alpha value is 0.130. The van der Waals surface area contributed by atoms with Gasteiger partial charge in [0.25, 0.3) is 0 Å². The number of halogens is 1. The predicted octanol–water partition coefficient (Wildman–Crippen LogP) is 3.35. The zero-order chi connectivity index (χ0) is 9.14. The second kappa shape index (κ2) is 4.39. The molecule has 1 atom stereocenters. The van der Waals surface area contributed by atoms with Crippen LogP contribution in [0.15, 0.2) is 23.6 Å². The Morgan fingerprint density at radius 3 is 2.92 bits per heavy atom. The van der Waals surface area contributed by atoms with Crippen molar-refractivity contribution in [3.05, 3.63) is 32.0 Å². The van der Waals surface area contributed by atoms with Crippen molar-refractivity contribution < 1.29 is 5.11 Å². The van der Waals surface area contributed by atoms with E-state index in [0.29, 0.717) is 6.42 Å². The first-order valence-corrected chi connectivity index (χ1v) is 5.62. The van der Waals surface area contributed by atoms with Crippen molar-refractivity contribution in [2.45, 2.75) is 19.4 Å². The Morgan fingerprint density at radius 1 is 1.83 bits per heavy atom. The van der Waals surface area contributed by atoms with Gasteiger partial charge in [0.05, 0.1) is 6.10 Å². The maximum Gasteiger partial charge on any atom is 0.0929 e. The molecular weight excluding hydrogens is 283 g/mol. The summed E-state index contributed by atoms with van der Waals surface area (Å²) in [4.78, 5) is 1.05. The molecule has 0 aliphatic heterocycles. The maximum atomic E-state index is 9.71. The average molecular weight is 294 g/mol. The Bertz CT molecular complexity index is 280. The molecular formula is C9H11IOS. The van der Waals surface area contributed by atoms with Crippen LogP contribution in [0.25, 0.3) is 0 Å². The highest BCUT2D eigenvalue weighted by Gasteiger charge is 2.11. The summed E-state index contributed by atoms with van der Waals surface area (Å²) >= 11 is 3.84. The van der Waals surface area contributed by atoms with Crippen LogP contribution < -0.4 is 0 Å². The van der Waals surface area contributed by atoms with Gasteiger partial charge in [0.1, 0.15) is 0 Å². The van der Waals surface area contributed by atoms with E-state index in [1.54, 1.807) is 11.3 Å². The van der Waals surface area contributed by atoms with E-state index < -0.39 is 0 Å². The van der Waals surface area contributed by atoms with Crippen LogP contribution in [-0.4, -0.2) is 5.11 Å². The van der Waals surface area contributed by atoms with Gasteiger partial charge in [-0.1, -0.05) is 5.57 Å². The number of aliphatic hydroxyl groups is 1. The summed E-state index contributed by atoms with van der Waals surface area (Å²) in [7, 11) is 0. The van der Waals surface area contributed by atoms with Gasteiger partial charge in [-0.2, -0.15) is 0 Å². The van der Waals surface area contributed by atoms with Crippen molar-refractivity contribution >= 4 is 33.9 Å². The van der Waals surface area contributed by atoms with E-state index in [1.807, 2.05) is 18.4 Å². The van der Waals surface area contributed by atoms with Crippen LogP contribution in [0.1, 0.15) is 24.3 Å². The summed E-state index contributed by atoms with van der Waals surface area (Å²) in [6.45, 7) is 5.71. The van der Waals surface area contributed by atoms with Crippen LogP contribution in [-0.2, 0) is 0 Å². The van der Waals surface area contributed by atoms with Gasteiger partial charge in [-0.3, -0.25) is 0 Å². The molecule has 1 aromatic rings. The van der Waals surface area contributed by atoms with Gasteiger partial charge >= 0.3 is 0 Å². The zero-order valence-electron chi connectivity index (χ0n) is 6.88. The van der Waals surface area contributed by atoms with Gasteiger partial charge in [-0.05, 0) is 47.4 Å². The lowest BCUT2D eigenvalue weighted by molar-refractivity contribution is 0.181. The van der Waals surface area contributed by atoms with Crippen molar-refractivity contribution in [3.8, 4) is 0 Å². The van der Waals surface area contributed by atoms with Crippen LogP contribution in [0, 0.1) is 3.57 Å². The Balaban J connectivity index is 2.71. The van der Waals surface area contributed by atoms with Gasteiger partial charge in [-0.15, -0.1) is 17.9 Å². The third-order valence-electron chi connectivity index (χ3n) is 1.49. The van der Waals surface area contributed by atoms with E-state index in [4.69, 9.17) is 0 Å². The molecule has 0 aliphatic carbocycles. The Morgan fingerprint density at radius 2 is 2.50 bits per heavy atom. The van der Waals surface area contributed by atoms with E-state index in [0.717, 1.165) is 14.0 Å². The van der Waals surface area contributed by atoms with Crippen LogP contribution in [0.2, 0.25) is 0 Å². The molecule has 3 heteroatoms. The molecule has 1 heterocycles. The van der Waals surface area contributed by atoms with Crippen molar-refractivity contribution in [1.29, 1.82) is 0 Å². The monoisotopic (exact) mass is 294 g/mol. The number of thiophene rings is 1. The number of hydrogen-bond donors (Lipinski definition) is 1. The van der Waals surface area contributed by atoms with Crippen molar-refractivity contribution in [3.63, 3.8) is 0 Å². The molecule has 0 amide bonds. The lowest BCUT2D eigenvalue weighted by Gasteiger charge is -2.08. The Labute approximate surface area is 90.3 Å². The third kappa shape index (κ3) is 2.57. The summed E-state index contributed by atoms with van der Waals surface area (Å²) in [6.07, 6.45) is 0.297. The summed E-state index contributed by atoms with van der Waals surface area (Å²) in [5.74, 6) is 0. The molecule has 0 radical (unpaired) electrons. The maximum absolute atomic E-state index is 9.71. The largest absolute Gasteiger partial charge is 0.387 e. The topological polar surface area (TPSA) is 20.2 Å². The second-order valence-corrected chi connectivity index (χ2v) is 4.92. The van der Waals surface area contributed by atoms with Crippen LogP contribution in [0.3, 0.4) is 0 Å². The standard InChI is InChI=1S/C9H11IOS/c1-6(2)5-8(11)9-7(10)3-4-12-9/h3-4,8,11H,1,5H2,2H3. The quantitative estimate of drug-likeness (QED) is 0.669. The number of rotatable bonds is 3. The first kappa shape index (κ1) is 10.2. The van der Waals surface area contributed by atoms with Gasteiger partial charge in [0, 0.05) is 8.45 Å². The summed E-state index contributed by atoms with van der Waals surface area (Å²) in [5, 5.41) is 11.7. The van der Waals surface area contributed by atoms with Crippen LogP contribution in [0.4, 0.5) is 0 Å². The fraction of sp³-hybridized carbons (Fsp3) is 0.333. The summed E-state index contributed by atoms with van der Waals surface area (Å²) < 4.78 is 1.14. The molecule has 0 bridgehead atoms. The second-order valence-electron chi connectivity index (χ2n) is 2.81. The highest BCUT2D eigenvalue weighted by atomic mass is 127. The van der Waals surface area contributed by atoms with E-state index in [-0.39, 0.29) is 6.10 Å². The molecule has 0 fully saturated rings. The lowest BCUT2D eigenvalue weighted by atomic mass is 10.1. The molecule has 0 saturated carbocycles. The third-order valence-corrected chi connectivity index (χ3v) is 3.81. The highest BCUT2D eigenvalue weighted by molar-refractivity contribution is 14.1.